The summed E-state index contributed by atoms with van der Waals surface area (Å²) in [6, 6.07) is 12.8. The third-order valence-electron chi connectivity index (χ3n) is 3.81. The van der Waals surface area contributed by atoms with Crippen molar-refractivity contribution >= 4 is 34.7 Å². The topological polar surface area (TPSA) is 70.9 Å². The van der Waals surface area contributed by atoms with E-state index in [-0.39, 0.29) is 18.3 Å². The number of hydrazone groups is 1. The monoisotopic (exact) mass is 452 g/mol. The highest BCUT2D eigenvalue weighted by molar-refractivity contribution is 14.1. The number of nitrogens with zero attached hydrogens (tertiary/aromatic N) is 1. The van der Waals surface area contributed by atoms with Gasteiger partial charge in [-0.1, -0.05) is 26.0 Å². The van der Waals surface area contributed by atoms with Crippen molar-refractivity contribution in [3.63, 3.8) is 0 Å². The van der Waals surface area contributed by atoms with Crippen molar-refractivity contribution in [1.29, 1.82) is 0 Å². The van der Waals surface area contributed by atoms with E-state index in [2.05, 4.69) is 24.4 Å². The van der Waals surface area contributed by atoms with E-state index in [9.17, 15) is 9.90 Å². The summed E-state index contributed by atoms with van der Waals surface area (Å²) in [6.45, 7) is 4.22. The summed E-state index contributed by atoms with van der Waals surface area (Å²) in [5.41, 5.74) is 4.45. The lowest BCUT2D eigenvalue weighted by Gasteiger charge is -2.10. The van der Waals surface area contributed by atoms with Crippen LogP contribution >= 0.6 is 22.6 Å². The molecule has 0 saturated heterocycles. The van der Waals surface area contributed by atoms with Crippen molar-refractivity contribution in [2.24, 2.45) is 5.10 Å². The summed E-state index contributed by atoms with van der Waals surface area (Å²) in [5, 5.41) is 13.3. The average Bonchev–Trinajstić information content (AvgIpc) is 2.62. The summed E-state index contributed by atoms with van der Waals surface area (Å²) >= 11 is 2.02. The molecule has 0 aliphatic heterocycles. The lowest BCUT2D eigenvalue weighted by Crippen LogP contribution is -2.24. The molecular formula is C19H21IN2O3. The van der Waals surface area contributed by atoms with Gasteiger partial charge in [-0.15, -0.1) is 0 Å². The largest absolute Gasteiger partial charge is 0.507 e. The summed E-state index contributed by atoms with van der Waals surface area (Å²) in [5.74, 6) is 1.04. The van der Waals surface area contributed by atoms with Crippen LogP contribution in [0.1, 0.15) is 37.3 Å². The Kier molecular flexibility index (Phi) is 7.24. The third-order valence-corrected chi connectivity index (χ3v) is 4.67. The van der Waals surface area contributed by atoms with Crippen LogP contribution in [0.2, 0.25) is 0 Å². The van der Waals surface area contributed by atoms with E-state index in [0.717, 1.165) is 15.6 Å². The molecule has 2 aromatic carbocycles. The normalized spacial score (nSPS) is 12.1. The number of rotatable bonds is 7. The first-order valence-electron chi connectivity index (χ1n) is 8.02. The van der Waals surface area contributed by atoms with Gasteiger partial charge >= 0.3 is 0 Å². The fourth-order valence-electron chi connectivity index (χ4n) is 2.09. The van der Waals surface area contributed by atoms with E-state index < -0.39 is 0 Å². The number of phenols is 1. The Morgan fingerprint density at radius 1 is 1.32 bits per heavy atom. The minimum Gasteiger partial charge on any atom is -0.507 e. The van der Waals surface area contributed by atoms with Gasteiger partial charge in [-0.3, -0.25) is 4.79 Å². The molecule has 1 unspecified atom stereocenters. The number of phenolic OH excluding ortho intramolecular Hbond substituents is 1. The van der Waals surface area contributed by atoms with Crippen molar-refractivity contribution in [3.05, 3.63) is 57.2 Å². The number of hydrogen-bond donors (Lipinski definition) is 2. The highest BCUT2D eigenvalue weighted by Crippen LogP contribution is 2.21. The molecule has 6 heteroatoms. The van der Waals surface area contributed by atoms with E-state index in [0.29, 0.717) is 11.7 Å². The van der Waals surface area contributed by atoms with Gasteiger partial charge in [0.15, 0.2) is 6.61 Å². The number of halogens is 1. The van der Waals surface area contributed by atoms with Gasteiger partial charge in [-0.25, -0.2) is 5.43 Å². The van der Waals surface area contributed by atoms with Gasteiger partial charge in [0.25, 0.3) is 5.91 Å². The molecule has 132 valence electrons. The van der Waals surface area contributed by atoms with Crippen molar-refractivity contribution in [1.82, 2.24) is 5.43 Å². The molecule has 1 amide bonds. The van der Waals surface area contributed by atoms with Crippen LogP contribution in [0.25, 0.3) is 0 Å². The number of carbonyl (C=O) groups is 1. The molecule has 2 aromatic rings. The van der Waals surface area contributed by atoms with Crippen molar-refractivity contribution in [3.8, 4) is 11.5 Å². The van der Waals surface area contributed by atoms with Gasteiger partial charge in [-0.05, 0) is 76.4 Å². The Hall–Kier alpha value is -2.09. The molecule has 0 saturated carbocycles. The molecule has 5 nitrogen and oxygen atoms in total. The summed E-state index contributed by atoms with van der Waals surface area (Å²) in [7, 11) is 0. The molecule has 2 N–H and O–H groups in total. The van der Waals surface area contributed by atoms with Crippen LogP contribution in [-0.2, 0) is 4.79 Å². The van der Waals surface area contributed by atoms with Crippen molar-refractivity contribution < 1.29 is 14.6 Å². The average molecular weight is 452 g/mol. The molecule has 25 heavy (non-hydrogen) atoms. The van der Waals surface area contributed by atoms with Crippen LogP contribution in [-0.4, -0.2) is 23.8 Å². The molecule has 1 atom stereocenters. The molecule has 0 aliphatic rings. The van der Waals surface area contributed by atoms with E-state index >= 15 is 0 Å². The van der Waals surface area contributed by atoms with E-state index in [1.807, 2.05) is 46.9 Å². The van der Waals surface area contributed by atoms with Crippen molar-refractivity contribution in [2.45, 2.75) is 26.2 Å². The molecule has 0 spiro atoms. The standard InChI is InChI=1S/C19H21IN2O3/c1-3-13(2)15-5-7-16(8-6-15)25-12-19(24)22-21-11-14-4-9-18(23)17(20)10-14/h4-11,13,23H,3,12H2,1-2H3,(H,22,24). The van der Waals surface area contributed by atoms with Crippen LogP contribution in [0.15, 0.2) is 47.6 Å². The predicted octanol–water partition coefficient (Wildman–Crippen LogP) is 4.04. The fourth-order valence-corrected chi connectivity index (χ4v) is 2.63. The van der Waals surface area contributed by atoms with E-state index in [1.54, 1.807) is 18.2 Å². The Morgan fingerprint density at radius 3 is 2.68 bits per heavy atom. The summed E-state index contributed by atoms with van der Waals surface area (Å²) < 4.78 is 6.17. The molecular weight excluding hydrogens is 431 g/mol. The van der Waals surface area contributed by atoms with E-state index in [1.165, 1.54) is 11.8 Å². The van der Waals surface area contributed by atoms with Gasteiger partial charge in [0, 0.05) is 0 Å². The number of hydrogen-bond acceptors (Lipinski definition) is 4. The number of carbonyl (C=O) groups excluding carboxylic acids is 1. The molecule has 0 bridgehead atoms. The van der Waals surface area contributed by atoms with Crippen LogP contribution in [0.5, 0.6) is 11.5 Å². The second kappa shape index (κ2) is 9.41. The molecule has 0 radical (unpaired) electrons. The highest BCUT2D eigenvalue weighted by Gasteiger charge is 2.05. The number of aromatic hydroxyl groups is 1. The molecule has 0 heterocycles. The van der Waals surface area contributed by atoms with Gasteiger partial charge in [0.2, 0.25) is 0 Å². The maximum Gasteiger partial charge on any atom is 0.277 e. The third kappa shape index (κ3) is 6.04. The number of nitrogens with one attached hydrogen (secondary N) is 1. The van der Waals surface area contributed by atoms with Crippen LogP contribution < -0.4 is 10.2 Å². The first-order valence-corrected chi connectivity index (χ1v) is 9.10. The zero-order chi connectivity index (χ0) is 18.2. The van der Waals surface area contributed by atoms with Crippen LogP contribution in [0, 0.1) is 3.57 Å². The van der Waals surface area contributed by atoms with Crippen LogP contribution in [0.4, 0.5) is 0 Å². The fraction of sp³-hybridized carbons (Fsp3) is 0.263. The lowest BCUT2D eigenvalue weighted by atomic mass is 9.99. The maximum absolute atomic E-state index is 11.8. The minimum absolute atomic E-state index is 0.104. The Bertz CT molecular complexity index is 745. The molecule has 0 aromatic heterocycles. The second-order valence-corrected chi connectivity index (χ2v) is 6.83. The Labute approximate surface area is 161 Å². The number of benzene rings is 2. The lowest BCUT2D eigenvalue weighted by molar-refractivity contribution is -0.123. The van der Waals surface area contributed by atoms with Gasteiger partial charge < -0.3 is 9.84 Å². The minimum atomic E-state index is -0.337. The van der Waals surface area contributed by atoms with Gasteiger partial charge in [0.1, 0.15) is 11.5 Å². The Morgan fingerprint density at radius 2 is 2.04 bits per heavy atom. The predicted molar refractivity (Wildman–Crippen MR) is 107 cm³/mol. The number of amides is 1. The number of ether oxygens (including phenoxy) is 1. The van der Waals surface area contributed by atoms with E-state index in [4.69, 9.17) is 4.74 Å². The summed E-state index contributed by atoms with van der Waals surface area (Å²) in [6.07, 6.45) is 2.60. The van der Waals surface area contributed by atoms with Gasteiger partial charge in [0.05, 0.1) is 9.78 Å². The first kappa shape index (κ1) is 19.2. The quantitative estimate of drug-likeness (QED) is 0.379. The zero-order valence-electron chi connectivity index (χ0n) is 14.2. The maximum atomic E-state index is 11.8. The molecule has 0 aliphatic carbocycles. The molecule has 0 fully saturated rings. The Balaban J connectivity index is 1.80. The SMILES string of the molecule is CCC(C)c1ccc(OCC(=O)NN=Cc2ccc(O)c(I)c2)cc1. The van der Waals surface area contributed by atoms with Crippen LogP contribution in [0.3, 0.4) is 0 Å². The van der Waals surface area contributed by atoms with Crippen molar-refractivity contribution in [2.75, 3.05) is 6.61 Å². The molecule has 2 rings (SSSR count). The smallest absolute Gasteiger partial charge is 0.277 e. The highest BCUT2D eigenvalue weighted by atomic mass is 127. The van der Waals surface area contributed by atoms with Gasteiger partial charge in [-0.2, -0.15) is 5.10 Å². The zero-order valence-corrected chi connectivity index (χ0v) is 16.4. The second-order valence-electron chi connectivity index (χ2n) is 5.67. The first-order chi connectivity index (χ1) is 12.0. The summed E-state index contributed by atoms with van der Waals surface area (Å²) in [4.78, 5) is 11.8.